The summed E-state index contributed by atoms with van der Waals surface area (Å²) in [5.74, 6) is -0.0649. The maximum Gasteiger partial charge on any atom is 0.416 e. The highest BCUT2D eigenvalue weighted by atomic mass is 32.2. The van der Waals surface area contributed by atoms with Gasteiger partial charge in [0, 0.05) is 25.6 Å². The van der Waals surface area contributed by atoms with Gasteiger partial charge in [-0.3, -0.25) is 9.10 Å². The Bertz CT molecular complexity index is 1610. The lowest BCUT2D eigenvalue weighted by Gasteiger charge is -2.27. The molecule has 1 heterocycles. The number of carboxylic acid groups (broad SMARTS) is 1. The highest BCUT2D eigenvalue weighted by Crippen LogP contribution is 2.31. The molecule has 4 aromatic rings. The van der Waals surface area contributed by atoms with Gasteiger partial charge in [-0.05, 0) is 61.0 Å². The summed E-state index contributed by atoms with van der Waals surface area (Å²) in [6.45, 7) is 1.04. The fraction of sp³-hybridized carbons (Fsp3) is 0.241. The number of aryl methyl sites for hydroxylation is 1. The number of para-hydroxylation sites is 1. The van der Waals surface area contributed by atoms with Gasteiger partial charge in [0.2, 0.25) is 5.89 Å². The van der Waals surface area contributed by atoms with Crippen molar-refractivity contribution in [3.63, 3.8) is 0 Å². The van der Waals surface area contributed by atoms with Crippen molar-refractivity contribution in [3.8, 4) is 17.2 Å². The molecule has 0 aliphatic heterocycles. The van der Waals surface area contributed by atoms with Gasteiger partial charge in [0.15, 0.2) is 0 Å². The molecular formula is C29H28F3N3O6S. The number of aliphatic carboxylic acids is 1. The summed E-state index contributed by atoms with van der Waals surface area (Å²) in [5.41, 5.74) is 1.21. The monoisotopic (exact) mass is 603 g/mol. The first-order chi connectivity index (χ1) is 19.8. The van der Waals surface area contributed by atoms with E-state index in [0.717, 1.165) is 20.7 Å². The van der Waals surface area contributed by atoms with Crippen molar-refractivity contribution >= 4 is 21.9 Å². The number of halogens is 3. The zero-order valence-electron chi connectivity index (χ0n) is 22.7. The van der Waals surface area contributed by atoms with Gasteiger partial charge in [-0.2, -0.15) is 25.9 Å². The van der Waals surface area contributed by atoms with Crippen LogP contribution in [0.1, 0.15) is 22.6 Å². The van der Waals surface area contributed by atoms with Crippen LogP contribution in [0, 0.1) is 6.92 Å². The fourth-order valence-corrected chi connectivity index (χ4v) is 5.38. The van der Waals surface area contributed by atoms with Crippen LogP contribution in [0.2, 0.25) is 0 Å². The molecule has 0 fully saturated rings. The Morgan fingerprint density at radius 1 is 1.00 bits per heavy atom. The molecule has 222 valence electrons. The Balaban J connectivity index is 1.37. The molecular weight excluding hydrogens is 575 g/mol. The molecule has 0 aliphatic carbocycles. The lowest BCUT2D eigenvalue weighted by molar-refractivity contribution is -0.138. The Kier molecular flexibility index (Phi) is 9.22. The summed E-state index contributed by atoms with van der Waals surface area (Å²) in [6.07, 6.45) is -4.06. The number of alkyl halides is 3. The Morgan fingerprint density at radius 3 is 2.24 bits per heavy atom. The van der Waals surface area contributed by atoms with Gasteiger partial charge in [-0.1, -0.05) is 30.3 Å². The van der Waals surface area contributed by atoms with E-state index in [4.69, 9.17) is 9.15 Å². The number of oxazole rings is 1. The van der Waals surface area contributed by atoms with Crippen LogP contribution >= 0.6 is 0 Å². The molecule has 13 heteroatoms. The Labute approximate surface area is 241 Å². The van der Waals surface area contributed by atoms with Crippen molar-refractivity contribution in [1.29, 1.82) is 0 Å². The second-order valence-electron chi connectivity index (χ2n) is 9.31. The van der Waals surface area contributed by atoms with E-state index in [0.29, 0.717) is 40.4 Å². The lowest BCUT2D eigenvalue weighted by atomic mass is 10.1. The van der Waals surface area contributed by atoms with Gasteiger partial charge in [-0.25, -0.2) is 4.98 Å². The van der Waals surface area contributed by atoms with Crippen LogP contribution in [0.15, 0.2) is 83.3 Å². The van der Waals surface area contributed by atoms with Gasteiger partial charge in [0.25, 0.3) is 0 Å². The molecule has 42 heavy (non-hydrogen) atoms. The van der Waals surface area contributed by atoms with Crippen molar-refractivity contribution in [2.24, 2.45) is 0 Å². The Morgan fingerprint density at radius 2 is 1.64 bits per heavy atom. The largest absolute Gasteiger partial charge is 0.493 e. The van der Waals surface area contributed by atoms with Gasteiger partial charge in [0.05, 0.1) is 23.6 Å². The second kappa shape index (κ2) is 12.7. The Hall–Kier alpha value is -4.36. The van der Waals surface area contributed by atoms with E-state index >= 15 is 0 Å². The number of rotatable bonds is 12. The van der Waals surface area contributed by atoms with E-state index in [1.807, 2.05) is 0 Å². The third kappa shape index (κ3) is 7.47. The van der Waals surface area contributed by atoms with Crippen LogP contribution in [-0.4, -0.2) is 49.0 Å². The topological polar surface area (TPSA) is 113 Å². The predicted octanol–water partition coefficient (Wildman–Crippen LogP) is 5.56. The molecule has 1 N–H and O–H groups in total. The molecule has 0 saturated heterocycles. The molecule has 0 unspecified atom stereocenters. The first-order valence-electron chi connectivity index (χ1n) is 12.7. The van der Waals surface area contributed by atoms with Crippen molar-refractivity contribution < 1.29 is 40.6 Å². The summed E-state index contributed by atoms with van der Waals surface area (Å²) in [4.78, 5) is 15.8. The minimum atomic E-state index is -4.43. The number of anilines is 1. The highest BCUT2D eigenvalue weighted by molar-refractivity contribution is 7.90. The maximum atomic E-state index is 13.2. The van der Waals surface area contributed by atoms with Gasteiger partial charge in [0.1, 0.15) is 18.1 Å². The quantitative estimate of drug-likeness (QED) is 0.226. The number of hydrogen-bond donors (Lipinski definition) is 1. The molecule has 0 aliphatic rings. The summed E-state index contributed by atoms with van der Waals surface area (Å²) in [6, 6.07) is 19.5. The SMILES string of the molecule is Cc1oc(-c2ccc(C(F)(F)F)cc2)nc1CCOc1ccc(CN(CC(=O)O)S(=O)(=O)N(C)c2ccccc2)cc1. The summed E-state index contributed by atoms with van der Waals surface area (Å²) < 4.78 is 78.2. The zero-order valence-corrected chi connectivity index (χ0v) is 23.5. The minimum absolute atomic E-state index is 0.170. The first kappa shape index (κ1) is 30.6. The predicted molar refractivity (Wildman–Crippen MR) is 149 cm³/mol. The van der Waals surface area contributed by atoms with Crippen LogP contribution in [-0.2, 0) is 34.1 Å². The van der Waals surface area contributed by atoms with E-state index in [2.05, 4.69) is 4.98 Å². The van der Waals surface area contributed by atoms with E-state index < -0.39 is 34.5 Å². The normalized spacial score (nSPS) is 12.0. The third-order valence-electron chi connectivity index (χ3n) is 6.35. The number of ether oxygens (including phenoxy) is 1. The first-order valence-corrected chi connectivity index (χ1v) is 14.1. The van der Waals surface area contributed by atoms with Gasteiger partial charge >= 0.3 is 22.4 Å². The van der Waals surface area contributed by atoms with E-state index in [-0.39, 0.29) is 19.0 Å². The molecule has 0 bridgehead atoms. The number of aromatic nitrogens is 1. The molecule has 4 rings (SSSR count). The zero-order chi connectivity index (χ0) is 30.5. The number of hydrogen-bond acceptors (Lipinski definition) is 6. The van der Waals surface area contributed by atoms with Crippen LogP contribution < -0.4 is 9.04 Å². The molecule has 1 aromatic heterocycles. The smallest absolute Gasteiger partial charge is 0.416 e. The highest BCUT2D eigenvalue weighted by Gasteiger charge is 2.31. The van der Waals surface area contributed by atoms with Crippen LogP contribution in [0.5, 0.6) is 5.75 Å². The molecule has 0 spiro atoms. The molecule has 0 amide bonds. The fourth-order valence-electron chi connectivity index (χ4n) is 4.06. The van der Waals surface area contributed by atoms with Gasteiger partial charge < -0.3 is 14.3 Å². The van der Waals surface area contributed by atoms with E-state index in [9.17, 15) is 31.5 Å². The minimum Gasteiger partial charge on any atom is -0.493 e. The van der Waals surface area contributed by atoms with Crippen molar-refractivity contribution in [2.75, 3.05) is 24.5 Å². The number of benzene rings is 3. The average molecular weight is 604 g/mol. The summed E-state index contributed by atoms with van der Waals surface area (Å²) in [5, 5.41) is 9.34. The van der Waals surface area contributed by atoms with Crippen molar-refractivity contribution in [3.05, 3.63) is 101 Å². The lowest BCUT2D eigenvalue weighted by Crippen LogP contribution is -2.44. The number of carboxylic acids is 1. The second-order valence-corrected chi connectivity index (χ2v) is 11.3. The summed E-state index contributed by atoms with van der Waals surface area (Å²) in [7, 11) is -2.78. The number of nitrogens with zero attached hydrogens (tertiary/aromatic N) is 3. The average Bonchev–Trinajstić information content (AvgIpc) is 3.33. The molecule has 9 nitrogen and oxygen atoms in total. The third-order valence-corrected chi connectivity index (χ3v) is 8.16. The number of carbonyl (C=O) groups is 1. The standard InChI is InChI=1S/C29H28F3N3O6S/c1-20-26(33-28(41-20)22-10-12-23(13-11-22)29(30,31)32)16-17-40-25-14-8-21(9-15-25)18-35(19-27(36)37)42(38,39)34(2)24-6-4-3-5-7-24/h3-15H,16-19H2,1-2H3,(H,36,37). The van der Waals surface area contributed by atoms with Crippen molar-refractivity contribution in [1.82, 2.24) is 9.29 Å². The summed E-state index contributed by atoms with van der Waals surface area (Å²) >= 11 is 0. The molecule has 0 saturated carbocycles. The van der Waals surface area contributed by atoms with E-state index in [1.54, 1.807) is 61.5 Å². The van der Waals surface area contributed by atoms with E-state index in [1.165, 1.54) is 19.2 Å². The van der Waals surface area contributed by atoms with Gasteiger partial charge in [-0.15, -0.1) is 0 Å². The van der Waals surface area contributed by atoms with Crippen LogP contribution in [0.25, 0.3) is 11.5 Å². The maximum absolute atomic E-state index is 13.2. The molecule has 0 radical (unpaired) electrons. The molecule has 0 atom stereocenters. The van der Waals surface area contributed by atoms with Crippen LogP contribution in [0.3, 0.4) is 0 Å². The van der Waals surface area contributed by atoms with Crippen LogP contribution in [0.4, 0.5) is 18.9 Å². The van der Waals surface area contributed by atoms with Crippen molar-refractivity contribution in [2.45, 2.75) is 26.1 Å². The molecule has 3 aromatic carbocycles.